The number of anilines is 1. The molecule has 3 amide bonds. The van der Waals surface area contributed by atoms with Gasteiger partial charge in [-0.15, -0.1) is 0 Å². The lowest BCUT2D eigenvalue weighted by atomic mass is 9.78. The molecule has 0 saturated carbocycles. The van der Waals surface area contributed by atoms with E-state index in [-0.39, 0.29) is 50.6 Å². The van der Waals surface area contributed by atoms with Crippen molar-refractivity contribution >= 4 is 48.6 Å². The number of amides is 3. The summed E-state index contributed by atoms with van der Waals surface area (Å²) in [6.07, 6.45) is 1.28. The second-order valence-corrected chi connectivity index (χ2v) is 13.5. The molecule has 4 aliphatic rings. The van der Waals surface area contributed by atoms with Crippen LogP contribution in [0.2, 0.25) is 0 Å². The van der Waals surface area contributed by atoms with Gasteiger partial charge in [0.15, 0.2) is 0 Å². The molecule has 1 aromatic heterocycles. The van der Waals surface area contributed by atoms with Gasteiger partial charge in [-0.2, -0.15) is 0 Å². The number of carboxylic acids is 1. The van der Waals surface area contributed by atoms with Crippen LogP contribution in [0.4, 0.5) is 5.82 Å². The van der Waals surface area contributed by atoms with Gasteiger partial charge in [0.05, 0.1) is 37.7 Å². The van der Waals surface area contributed by atoms with E-state index in [2.05, 4.69) is 21.2 Å². The summed E-state index contributed by atoms with van der Waals surface area (Å²) in [6.45, 7) is 4.39. The normalized spacial score (nSPS) is 26.6. The van der Waals surface area contributed by atoms with E-state index in [9.17, 15) is 43.9 Å². The highest BCUT2D eigenvalue weighted by atomic mass is 16.6. The highest BCUT2D eigenvalue weighted by Gasteiger charge is 2.39. The Hall–Kier alpha value is -4.41. The Bertz CT molecular complexity index is 1470. The number of carboxylic acid groups (broad SMARTS) is 1. The molecule has 0 aromatic carbocycles. The van der Waals surface area contributed by atoms with Crippen LogP contribution in [-0.2, 0) is 33.4 Å². The minimum Gasteiger partial charge on any atom is -0.480 e. The fourth-order valence-corrected chi connectivity index (χ4v) is 6.87. The zero-order valence-corrected chi connectivity index (χ0v) is 29.0. The Labute approximate surface area is 300 Å². The number of hydrazine groups is 1. The summed E-state index contributed by atoms with van der Waals surface area (Å²) in [5.74, 6) is -3.73. The van der Waals surface area contributed by atoms with Gasteiger partial charge < -0.3 is 34.8 Å². The van der Waals surface area contributed by atoms with E-state index in [0.717, 1.165) is 0 Å². The molecule has 6 N–H and O–H groups in total. The number of ether oxygens (including phenoxy) is 2. The number of carbonyl (C=O) groups excluding carboxylic acids is 5. The van der Waals surface area contributed by atoms with Gasteiger partial charge >= 0.3 is 25.0 Å². The molecule has 4 fully saturated rings. The topological polar surface area (TPSA) is 247 Å². The molecule has 0 radical (unpaired) electrons. The molecule has 20 nitrogen and oxygen atoms in total. The molecule has 6 atom stereocenters. The van der Waals surface area contributed by atoms with Crippen molar-refractivity contribution in [2.75, 3.05) is 90.5 Å². The Kier molecular flexibility index (Phi) is 13.4. The Morgan fingerprint density at radius 2 is 1.52 bits per heavy atom. The predicted octanol–water partition coefficient (Wildman–Crippen LogP) is -4.20. The molecular formula is C31H46BN9O11. The standard InChI is InChI=1S/C31H46BN9O11/c1-20(31(48)41-6-2-3-24(41)32(49)50)34-30(47)21-4-5-25(33-11-21)35-36-26(42)16-37-7-9-39-15-23(52-29(46)18-39)13-38(17-27(43)44)8-10-40-14-22(12-37)51-28(45)19-40/h4-5,11,20,22-24,49-50H,2-3,6-10,12-19H2,1H3,(H,33,35)(H,34,47)(H,36,42)(H,43,44)/t20-,22?,23?,24+/m1/s1. The number of esters is 2. The number of likely N-dealkylation sites (tertiary alicyclic amines) is 1. The van der Waals surface area contributed by atoms with E-state index in [1.54, 1.807) is 4.90 Å². The van der Waals surface area contributed by atoms with Gasteiger partial charge in [0.2, 0.25) is 5.91 Å². The van der Waals surface area contributed by atoms with E-state index >= 15 is 0 Å². The second kappa shape index (κ2) is 17.9. The number of fused-ring (bicyclic) bond motifs is 4. The van der Waals surface area contributed by atoms with Crippen molar-refractivity contribution in [3.63, 3.8) is 0 Å². The lowest BCUT2D eigenvalue weighted by molar-refractivity contribution is -0.164. The highest BCUT2D eigenvalue weighted by Crippen LogP contribution is 2.19. The average molecular weight is 732 g/mol. The van der Waals surface area contributed by atoms with Crippen molar-refractivity contribution in [1.82, 2.24) is 40.2 Å². The van der Waals surface area contributed by atoms with Crippen LogP contribution in [-0.4, -0.2) is 197 Å². The first-order valence-corrected chi connectivity index (χ1v) is 17.3. The molecule has 0 aliphatic carbocycles. The van der Waals surface area contributed by atoms with E-state index in [4.69, 9.17) is 9.47 Å². The molecular weight excluding hydrogens is 685 g/mol. The van der Waals surface area contributed by atoms with Crippen molar-refractivity contribution in [1.29, 1.82) is 0 Å². The van der Waals surface area contributed by atoms with E-state index in [0.29, 0.717) is 58.7 Å². The van der Waals surface area contributed by atoms with Crippen molar-refractivity contribution in [3.8, 4) is 0 Å². The van der Waals surface area contributed by atoms with Crippen LogP contribution >= 0.6 is 0 Å². The lowest BCUT2D eigenvalue weighted by Crippen LogP contribution is -2.56. The Balaban J connectivity index is 1.15. The molecule has 5 heterocycles. The number of nitrogens with zero attached hydrogens (tertiary/aromatic N) is 6. The summed E-state index contributed by atoms with van der Waals surface area (Å²) in [6, 6.07) is 2.02. The lowest BCUT2D eigenvalue weighted by Gasteiger charge is -2.39. The SMILES string of the molecule is C[C@@H](NC(=O)c1ccc(NNC(=O)CN2CCN3CC(=O)OC(CN(CC(=O)O)CCN4CC(=O)OC(C2)C4)C3)nc1)C(=O)N1CCC[C@H]1B(O)O. The van der Waals surface area contributed by atoms with Gasteiger partial charge in [-0.05, 0) is 31.9 Å². The van der Waals surface area contributed by atoms with Gasteiger partial charge in [0, 0.05) is 65.1 Å². The Morgan fingerprint density at radius 3 is 2.08 bits per heavy atom. The van der Waals surface area contributed by atoms with E-state index in [1.807, 2.05) is 14.7 Å². The largest absolute Gasteiger partial charge is 0.480 e. The van der Waals surface area contributed by atoms with Gasteiger partial charge in [-0.1, -0.05) is 0 Å². The molecule has 4 aliphatic heterocycles. The van der Waals surface area contributed by atoms with Gasteiger partial charge in [0.25, 0.3) is 11.8 Å². The summed E-state index contributed by atoms with van der Waals surface area (Å²) >= 11 is 0. The van der Waals surface area contributed by atoms with Crippen LogP contribution in [0, 0.1) is 0 Å². The predicted molar refractivity (Wildman–Crippen MR) is 181 cm³/mol. The highest BCUT2D eigenvalue weighted by molar-refractivity contribution is 6.43. The summed E-state index contributed by atoms with van der Waals surface area (Å²) in [5.41, 5.74) is 5.46. The number of nitrogens with one attached hydrogen (secondary N) is 3. The van der Waals surface area contributed by atoms with Crippen LogP contribution in [0.25, 0.3) is 0 Å². The number of rotatable bonds is 10. The number of hydrogen-bond donors (Lipinski definition) is 6. The summed E-state index contributed by atoms with van der Waals surface area (Å²) in [7, 11) is -1.66. The molecule has 284 valence electrons. The maximum Gasteiger partial charge on any atom is 0.475 e. The van der Waals surface area contributed by atoms with Crippen molar-refractivity contribution in [2.24, 2.45) is 0 Å². The number of aliphatic carboxylic acids is 1. The summed E-state index contributed by atoms with van der Waals surface area (Å²) < 4.78 is 11.1. The zero-order chi connectivity index (χ0) is 37.4. The molecule has 21 heteroatoms. The number of carbonyl (C=O) groups is 6. The average Bonchev–Trinajstić information content (AvgIpc) is 3.58. The quantitative estimate of drug-likeness (QED) is 0.0759. The minimum absolute atomic E-state index is 0.0465. The maximum absolute atomic E-state index is 13.1. The summed E-state index contributed by atoms with van der Waals surface area (Å²) in [5, 5.41) is 31.2. The van der Waals surface area contributed by atoms with Crippen LogP contribution in [0.15, 0.2) is 18.3 Å². The third-order valence-electron chi connectivity index (χ3n) is 9.34. The number of hydrogen-bond acceptors (Lipinski definition) is 16. The van der Waals surface area contributed by atoms with Crippen molar-refractivity contribution in [3.05, 3.63) is 23.9 Å². The first-order chi connectivity index (χ1) is 24.8. The molecule has 4 saturated heterocycles. The minimum atomic E-state index is -1.66. The number of aromatic nitrogens is 1. The smallest absolute Gasteiger partial charge is 0.475 e. The monoisotopic (exact) mass is 731 g/mol. The van der Waals surface area contributed by atoms with Crippen LogP contribution in [0.1, 0.15) is 30.1 Å². The third kappa shape index (κ3) is 11.0. The van der Waals surface area contributed by atoms with Crippen molar-refractivity contribution in [2.45, 2.75) is 44.0 Å². The first kappa shape index (κ1) is 38.8. The molecule has 52 heavy (non-hydrogen) atoms. The van der Waals surface area contributed by atoms with Gasteiger partial charge in [-0.3, -0.25) is 59.2 Å². The van der Waals surface area contributed by atoms with Crippen molar-refractivity contribution < 1.29 is 53.4 Å². The number of pyridine rings is 1. The zero-order valence-electron chi connectivity index (χ0n) is 29.0. The van der Waals surface area contributed by atoms with Crippen LogP contribution in [0.5, 0.6) is 0 Å². The molecule has 5 rings (SSSR count). The number of morpholine rings is 2. The third-order valence-corrected chi connectivity index (χ3v) is 9.34. The fourth-order valence-electron chi connectivity index (χ4n) is 6.87. The Morgan fingerprint density at radius 1 is 0.904 bits per heavy atom. The van der Waals surface area contributed by atoms with E-state index in [1.165, 1.54) is 30.2 Å². The molecule has 0 spiro atoms. The molecule has 4 unspecified atom stereocenters. The molecule has 4 bridgehead atoms. The van der Waals surface area contributed by atoms with Crippen LogP contribution < -0.4 is 16.2 Å². The van der Waals surface area contributed by atoms with Gasteiger partial charge in [-0.25, -0.2) is 4.98 Å². The maximum atomic E-state index is 13.1. The van der Waals surface area contributed by atoms with E-state index < -0.39 is 66.9 Å². The first-order valence-electron chi connectivity index (χ1n) is 17.3. The second-order valence-electron chi connectivity index (χ2n) is 13.5. The van der Waals surface area contributed by atoms with Gasteiger partial charge in [0.1, 0.15) is 24.1 Å². The molecule has 1 aromatic rings. The fraction of sp³-hybridized carbons (Fsp3) is 0.645. The summed E-state index contributed by atoms with van der Waals surface area (Å²) in [4.78, 5) is 88.0. The van der Waals surface area contributed by atoms with Crippen LogP contribution in [0.3, 0.4) is 0 Å².